The van der Waals surface area contributed by atoms with Crippen LogP contribution in [0.4, 0.5) is 20.2 Å². The maximum absolute atomic E-state index is 13.8. The minimum absolute atomic E-state index is 0.0959. The van der Waals surface area contributed by atoms with E-state index in [9.17, 15) is 30.4 Å². The van der Waals surface area contributed by atoms with Gasteiger partial charge in [0, 0.05) is 12.2 Å². The van der Waals surface area contributed by atoms with Gasteiger partial charge < -0.3 is 5.32 Å². The second-order valence-corrected chi connectivity index (χ2v) is 10.4. The van der Waals surface area contributed by atoms with E-state index >= 15 is 0 Å². The van der Waals surface area contributed by atoms with Crippen LogP contribution in [0.1, 0.15) is 12.8 Å². The van der Waals surface area contributed by atoms with Gasteiger partial charge in [-0.15, -0.1) is 0 Å². The second kappa shape index (κ2) is 8.28. The van der Waals surface area contributed by atoms with Crippen molar-refractivity contribution < 1.29 is 30.4 Å². The first kappa shape index (κ1) is 22.1. The van der Waals surface area contributed by atoms with Gasteiger partial charge in [-0.3, -0.25) is 9.52 Å². The molecule has 1 saturated heterocycles. The Hall–Kier alpha value is -2.57. The van der Waals surface area contributed by atoms with Crippen molar-refractivity contribution in [2.24, 2.45) is 0 Å². The number of carbonyl (C=O) groups is 1. The highest BCUT2D eigenvalue weighted by Crippen LogP contribution is 2.28. The van der Waals surface area contributed by atoms with Crippen LogP contribution >= 0.6 is 0 Å². The molecule has 0 saturated carbocycles. The van der Waals surface area contributed by atoms with Crippen molar-refractivity contribution in [3.8, 4) is 0 Å². The van der Waals surface area contributed by atoms with Crippen molar-refractivity contribution in [3.05, 3.63) is 54.1 Å². The SMILES string of the molecule is CS(=O)(=O)Nc1cc(NC(=O)[C@@H]2CCCN2S(=O)(=O)c2ccc(F)cc2)ccc1F. The zero-order valence-electron chi connectivity index (χ0n) is 15.8. The van der Waals surface area contributed by atoms with Crippen molar-refractivity contribution in [1.82, 2.24) is 4.31 Å². The van der Waals surface area contributed by atoms with E-state index < -0.39 is 43.6 Å². The van der Waals surface area contributed by atoms with Gasteiger partial charge in [-0.2, -0.15) is 4.31 Å². The van der Waals surface area contributed by atoms with E-state index in [0.29, 0.717) is 6.42 Å². The molecule has 1 atom stereocenters. The second-order valence-electron chi connectivity index (χ2n) is 6.79. The van der Waals surface area contributed by atoms with Crippen molar-refractivity contribution >= 4 is 37.3 Å². The van der Waals surface area contributed by atoms with E-state index in [-0.39, 0.29) is 29.2 Å². The lowest BCUT2D eigenvalue weighted by Crippen LogP contribution is -2.43. The topological polar surface area (TPSA) is 113 Å². The molecule has 162 valence electrons. The number of hydrogen-bond acceptors (Lipinski definition) is 5. The minimum Gasteiger partial charge on any atom is -0.325 e. The largest absolute Gasteiger partial charge is 0.325 e. The molecule has 1 heterocycles. The summed E-state index contributed by atoms with van der Waals surface area (Å²) < 4.78 is 78.4. The van der Waals surface area contributed by atoms with Crippen molar-refractivity contribution in [2.75, 3.05) is 22.8 Å². The zero-order valence-corrected chi connectivity index (χ0v) is 17.4. The molecule has 0 aliphatic carbocycles. The first-order valence-electron chi connectivity index (χ1n) is 8.83. The van der Waals surface area contributed by atoms with Gasteiger partial charge in [-0.1, -0.05) is 0 Å². The molecule has 8 nitrogen and oxygen atoms in total. The number of carbonyl (C=O) groups excluding carboxylic acids is 1. The van der Waals surface area contributed by atoms with Gasteiger partial charge in [0.25, 0.3) is 0 Å². The quantitative estimate of drug-likeness (QED) is 0.687. The highest BCUT2D eigenvalue weighted by molar-refractivity contribution is 7.92. The summed E-state index contributed by atoms with van der Waals surface area (Å²) in [4.78, 5) is 12.6. The molecule has 2 aromatic rings. The van der Waals surface area contributed by atoms with Gasteiger partial charge in [0.15, 0.2) is 0 Å². The van der Waals surface area contributed by atoms with Crippen LogP contribution in [0.3, 0.4) is 0 Å². The molecule has 1 aliphatic heterocycles. The number of halogens is 2. The lowest BCUT2D eigenvalue weighted by atomic mass is 10.2. The third kappa shape index (κ3) is 4.94. The number of sulfonamides is 2. The van der Waals surface area contributed by atoms with E-state index in [2.05, 4.69) is 5.32 Å². The van der Waals surface area contributed by atoms with Gasteiger partial charge >= 0.3 is 0 Å². The average molecular weight is 459 g/mol. The van der Waals surface area contributed by atoms with Gasteiger partial charge in [0.1, 0.15) is 17.7 Å². The Labute approximate surface area is 173 Å². The summed E-state index contributed by atoms with van der Waals surface area (Å²) in [5.74, 6) is -2.06. The van der Waals surface area contributed by atoms with Crippen LogP contribution in [-0.4, -0.2) is 45.9 Å². The van der Waals surface area contributed by atoms with E-state index in [4.69, 9.17) is 0 Å². The molecule has 0 radical (unpaired) electrons. The fraction of sp³-hybridized carbons (Fsp3) is 0.278. The number of anilines is 2. The van der Waals surface area contributed by atoms with Gasteiger partial charge in [0.2, 0.25) is 26.0 Å². The maximum atomic E-state index is 13.8. The third-order valence-corrected chi connectivity index (χ3v) is 6.97. The van der Waals surface area contributed by atoms with Crippen LogP contribution in [0.2, 0.25) is 0 Å². The number of hydrogen-bond donors (Lipinski definition) is 2. The summed E-state index contributed by atoms with van der Waals surface area (Å²) in [5, 5.41) is 2.49. The maximum Gasteiger partial charge on any atom is 0.243 e. The smallest absolute Gasteiger partial charge is 0.243 e. The summed E-state index contributed by atoms with van der Waals surface area (Å²) in [6, 6.07) is 6.58. The number of benzene rings is 2. The number of nitrogens with zero attached hydrogens (tertiary/aromatic N) is 1. The van der Waals surface area contributed by atoms with Crippen LogP contribution in [0.5, 0.6) is 0 Å². The third-order valence-electron chi connectivity index (χ3n) is 4.46. The molecule has 3 rings (SSSR count). The predicted molar refractivity (Wildman–Crippen MR) is 107 cm³/mol. The molecule has 0 spiro atoms. The van der Waals surface area contributed by atoms with E-state index in [1.54, 1.807) is 0 Å². The van der Waals surface area contributed by atoms with Crippen LogP contribution in [0.15, 0.2) is 47.4 Å². The summed E-state index contributed by atoms with van der Waals surface area (Å²) in [6.45, 7) is 0.113. The van der Waals surface area contributed by atoms with Crippen LogP contribution < -0.4 is 10.0 Å². The molecule has 1 aliphatic rings. The Morgan fingerprint density at radius 1 is 1.07 bits per heavy atom. The molecule has 0 aromatic heterocycles. The van der Waals surface area contributed by atoms with Gasteiger partial charge in [0.05, 0.1) is 16.8 Å². The van der Waals surface area contributed by atoms with Crippen molar-refractivity contribution in [2.45, 2.75) is 23.8 Å². The highest BCUT2D eigenvalue weighted by Gasteiger charge is 2.39. The normalized spacial score (nSPS) is 17.6. The monoisotopic (exact) mass is 459 g/mol. The fourth-order valence-corrected chi connectivity index (χ4v) is 5.35. The van der Waals surface area contributed by atoms with Crippen LogP contribution in [0, 0.1) is 11.6 Å². The molecule has 2 N–H and O–H groups in total. The molecule has 2 aromatic carbocycles. The lowest BCUT2D eigenvalue weighted by molar-refractivity contribution is -0.119. The van der Waals surface area contributed by atoms with E-state index in [0.717, 1.165) is 47.0 Å². The van der Waals surface area contributed by atoms with Crippen molar-refractivity contribution in [1.29, 1.82) is 0 Å². The van der Waals surface area contributed by atoms with Crippen molar-refractivity contribution in [3.63, 3.8) is 0 Å². The molecule has 0 unspecified atom stereocenters. The molecule has 12 heteroatoms. The molecule has 30 heavy (non-hydrogen) atoms. The van der Waals surface area contributed by atoms with Gasteiger partial charge in [-0.05, 0) is 55.3 Å². The summed E-state index contributed by atoms with van der Waals surface area (Å²) in [6.07, 6.45) is 1.57. The predicted octanol–water partition coefficient (Wildman–Crippen LogP) is 2.13. The zero-order chi connectivity index (χ0) is 22.1. The first-order chi connectivity index (χ1) is 14.0. The Bertz CT molecular complexity index is 1170. The van der Waals surface area contributed by atoms with Gasteiger partial charge in [-0.25, -0.2) is 25.6 Å². The number of rotatable bonds is 6. The number of nitrogens with one attached hydrogen (secondary N) is 2. The van der Waals surface area contributed by atoms with Crippen LogP contribution in [0.25, 0.3) is 0 Å². The van der Waals surface area contributed by atoms with Crippen LogP contribution in [-0.2, 0) is 24.8 Å². The Morgan fingerprint density at radius 2 is 1.73 bits per heavy atom. The first-order valence-corrected chi connectivity index (χ1v) is 12.2. The summed E-state index contributed by atoms with van der Waals surface area (Å²) in [7, 11) is -7.77. The Kier molecular flexibility index (Phi) is 6.11. The highest BCUT2D eigenvalue weighted by atomic mass is 32.2. The lowest BCUT2D eigenvalue weighted by Gasteiger charge is -2.23. The van der Waals surface area contributed by atoms with E-state index in [1.807, 2.05) is 4.72 Å². The summed E-state index contributed by atoms with van der Waals surface area (Å²) in [5.41, 5.74) is -0.254. The molecular weight excluding hydrogens is 440 g/mol. The minimum atomic E-state index is -4.03. The molecule has 1 amide bonds. The Balaban J connectivity index is 1.81. The van der Waals surface area contributed by atoms with E-state index in [1.165, 1.54) is 6.07 Å². The standard InChI is InChI=1S/C18H19F2N3O5S2/c1-29(25,26)22-16-11-13(6-9-15(16)20)21-18(24)17-3-2-10-23(17)30(27,28)14-7-4-12(19)5-8-14/h4-9,11,17,22H,2-3,10H2,1H3,(H,21,24)/t17-/m0/s1. The molecule has 0 bridgehead atoms. The molecule has 1 fully saturated rings. The fourth-order valence-electron chi connectivity index (χ4n) is 3.14. The number of amides is 1. The molecular formula is C18H19F2N3O5S2. The Morgan fingerprint density at radius 3 is 2.37 bits per heavy atom. The average Bonchev–Trinajstić information content (AvgIpc) is 3.14. The summed E-state index contributed by atoms with van der Waals surface area (Å²) >= 11 is 0.